The summed E-state index contributed by atoms with van der Waals surface area (Å²) >= 11 is 0. The van der Waals surface area contributed by atoms with E-state index in [1.165, 1.54) is 0 Å². The molecule has 2 N–H and O–H groups in total. The first kappa shape index (κ1) is 20.4. The fraction of sp³-hybridized carbons (Fsp3) is 0.318. The van der Waals surface area contributed by atoms with Crippen LogP contribution in [0.4, 0.5) is 5.69 Å². The van der Waals surface area contributed by atoms with Gasteiger partial charge in [0.15, 0.2) is 6.61 Å². The van der Waals surface area contributed by atoms with Crippen molar-refractivity contribution in [1.29, 1.82) is 0 Å². The molecule has 1 aliphatic rings. The van der Waals surface area contributed by atoms with Crippen LogP contribution < -0.4 is 10.1 Å². The van der Waals surface area contributed by atoms with Crippen LogP contribution in [0.1, 0.15) is 18.4 Å². The van der Waals surface area contributed by atoms with Gasteiger partial charge in [-0.1, -0.05) is 36.4 Å². The standard InChI is InChI=1S/C22H24N2O5/c25-20(12-16-6-2-1-3-7-16)24-11-5-8-17(14-24)22(28)23-18-9-4-10-19(13-18)29-15-21(26)27/h1-4,6-7,9-10,13,17H,5,8,11-12,14-15H2,(H,23,28)(H,26,27). The number of hydrogen-bond donors (Lipinski definition) is 2. The first-order valence-corrected chi connectivity index (χ1v) is 9.58. The molecule has 0 aromatic heterocycles. The van der Waals surface area contributed by atoms with Gasteiger partial charge in [0.2, 0.25) is 11.8 Å². The van der Waals surface area contributed by atoms with Crippen molar-refractivity contribution < 1.29 is 24.2 Å². The summed E-state index contributed by atoms with van der Waals surface area (Å²) in [5.41, 5.74) is 1.49. The molecule has 1 atom stereocenters. The highest BCUT2D eigenvalue weighted by Crippen LogP contribution is 2.22. The number of hydrogen-bond acceptors (Lipinski definition) is 4. The highest BCUT2D eigenvalue weighted by molar-refractivity contribution is 5.93. The van der Waals surface area contributed by atoms with Crippen molar-refractivity contribution in [1.82, 2.24) is 4.90 Å². The number of anilines is 1. The van der Waals surface area contributed by atoms with Gasteiger partial charge in [-0.25, -0.2) is 4.79 Å². The lowest BCUT2D eigenvalue weighted by atomic mass is 9.96. The van der Waals surface area contributed by atoms with E-state index in [2.05, 4.69) is 5.32 Å². The lowest BCUT2D eigenvalue weighted by Gasteiger charge is -2.32. The van der Waals surface area contributed by atoms with Gasteiger partial charge in [-0.05, 0) is 30.5 Å². The molecule has 152 valence electrons. The van der Waals surface area contributed by atoms with Crippen LogP contribution in [0.25, 0.3) is 0 Å². The third-order valence-corrected chi connectivity index (χ3v) is 4.81. The number of amides is 2. The lowest BCUT2D eigenvalue weighted by molar-refractivity contribution is -0.139. The van der Waals surface area contributed by atoms with Crippen LogP contribution in [-0.2, 0) is 20.8 Å². The zero-order valence-corrected chi connectivity index (χ0v) is 16.0. The van der Waals surface area contributed by atoms with Gasteiger partial charge in [-0.3, -0.25) is 9.59 Å². The number of carboxylic acids is 1. The van der Waals surface area contributed by atoms with E-state index in [4.69, 9.17) is 9.84 Å². The Morgan fingerprint density at radius 3 is 2.66 bits per heavy atom. The first-order chi connectivity index (χ1) is 14.0. The largest absolute Gasteiger partial charge is 0.482 e. The van der Waals surface area contributed by atoms with Crippen molar-refractivity contribution in [3.05, 3.63) is 60.2 Å². The predicted molar refractivity (Wildman–Crippen MR) is 108 cm³/mol. The molecule has 2 amide bonds. The molecular weight excluding hydrogens is 372 g/mol. The second kappa shape index (κ2) is 9.73. The molecule has 2 aromatic carbocycles. The number of carbonyl (C=O) groups is 3. The van der Waals surface area contributed by atoms with Crippen molar-refractivity contribution in [3.63, 3.8) is 0 Å². The summed E-state index contributed by atoms with van der Waals surface area (Å²) in [7, 11) is 0. The molecule has 0 bridgehead atoms. The number of likely N-dealkylation sites (tertiary alicyclic amines) is 1. The van der Waals surface area contributed by atoms with Gasteiger partial charge in [0.05, 0.1) is 12.3 Å². The Morgan fingerprint density at radius 1 is 1.10 bits per heavy atom. The highest BCUT2D eigenvalue weighted by atomic mass is 16.5. The molecule has 1 heterocycles. The average molecular weight is 396 g/mol. The van der Waals surface area contributed by atoms with Gasteiger partial charge in [0, 0.05) is 24.8 Å². The summed E-state index contributed by atoms with van der Waals surface area (Å²) < 4.78 is 5.14. The van der Waals surface area contributed by atoms with Crippen LogP contribution >= 0.6 is 0 Å². The maximum atomic E-state index is 12.7. The third-order valence-electron chi connectivity index (χ3n) is 4.81. The van der Waals surface area contributed by atoms with E-state index >= 15 is 0 Å². The summed E-state index contributed by atoms with van der Waals surface area (Å²) in [5.74, 6) is -1.11. The Bertz CT molecular complexity index is 869. The molecule has 0 aliphatic carbocycles. The quantitative estimate of drug-likeness (QED) is 0.750. The van der Waals surface area contributed by atoms with E-state index in [9.17, 15) is 14.4 Å². The van der Waals surface area contributed by atoms with Gasteiger partial charge in [-0.15, -0.1) is 0 Å². The summed E-state index contributed by atoms with van der Waals surface area (Å²) in [6, 6.07) is 16.2. The molecule has 0 radical (unpaired) electrons. The molecule has 1 aliphatic heterocycles. The zero-order chi connectivity index (χ0) is 20.6. The molecule has 29 heavy (non-hydrogen) atoms. The van der Waals surface area contributed by atoms with Crippen LogP contribution in [-0.4, -0.2) is 47.5 Å². The summed E-state index contributed by atoms with van der Waals surface area (Å²) in [6.07, 6.45) is 1.83. The maximum Gasteiger partial charge on any atom is 0.341 e. The van der Waals surface area contributed by atoms with Crippen LogP contribution in [0.3, 0.4) is 0 Å². The highest BCUT2D eigenvalue weighted by Gasteiger charge is 2.28. The molecule has 3 rings (SSSR count). The van der Waals surface area contributed by atoms with E-state index < -0.39 is 12.6 Å². The topological polar surface area (TPSA) is 95.9 Å². The van der Waals surface area contributed by atoms with E-state index in [1.54, 1.807) is 29.2 Å². The molecule has 0 spiro atoms. The Morgan fingerprint density at radius 2 is 1.90 bits per heavy atom. The number of benzene rings is 2. The van der Waals surface area contributed by atoms with Gasteiger partial charge in [0.1, 0.15) is 5.75 Å². The number of piperidine rings is 1. The maximum absolute atomic E-state index is 12.7. The zero-order valence-electron chi connectivity index (χ0n) is 16.0. The number of carboxylic acid groups (broad SMARTS) is 1. The van der Waals surface area contributed by atoms with E-state index in [0.717, 1.165) is 18.4 Å². The smallest absolute Gasteiger partial charge is 0.341 e. The van der Waals surface area contributed by atoms with Crippen molar-refractivity contribution in [2.75, 3.05) is 25.0 Å². The van der Waals surface area contributed by atoms with E-state index in [-0.39, 0.29) is 17.7 Å². The summed E-state index contributed by atoms with van der Waals surface area (Å²) in [5, 5.41) is 11.5. The second-order valence-corrected chi connectivity index (χ2v) is 7.04. The average Bonchev–Trinajstić information content (AvgIpc) is 2.73. The number of nitrogens with zero attached hydrogens (tertiary/aromatic N) is 1. The van der Waals surface area contributed by atoms with Crippen LogP contribution in [0.5, 0.6) is 5.75 Å². The fourth-order valence-electron chi connectivity index (χ4n) is 3.35. The summed E-state index contributed by atoms with van der Waals surface area (Å²) in [6.45, 7) is 0.610. The van der Waals surface area contributed by atoms with Crippen LogP contribution in [0.15, 0.2) is 54.6 Å². The number of aliphatic carboxylic acids is 1. The van der Waals surface area contributed by atoms with Gasteiger partial charge < -0.3 is 20.1 Å². The minimum absolute atomic E-state index is 0.0257. The Balaban J connectivity index is 1.56. The molecule has 1 unspecified atom stereocenters. The lowest BCUT2D eigenvalue weighted by Crippen LogP contribution is -2.44. The van der Waals surface area contributed by atoms with E-state index in [1.807, 2.05) is 30.3 Å². The monoisotopic (exact) mass is 396 g/mol. The summed E-state index contributed by atoms with van der Waals surface area (Å²) in [4.78, 5) is 37.7. The third kappa shape index (κ3) is 6.07. The van der Waals surface area contributed by atoms with Crippen LogP contribution in [0.2, 0.25) is 0 Å². The number of nitrogens with one attached hydrogen (secondary N) is 1. The Hall–Kier alpha value is -3.35. The minimum atomic E-state index is -1.07. The van der Waals surface area contributed by atoms with E-state index in [0.29, 0.717) is 30.9 Å². The molecule has 7 heteroatoms. The molecule has 2 aromatic rings. The number of carbonyl (C=O) groups excluding carboxylic acids is 2. The Kier molecular flexibility index (Phi) is 6.84. The van der Waals surface area contributed by atoms with Crippen molar-refractivity contribution in [2.24, 2.45) is 5.92 Å². The molecule has 7 nitrogen and oxygen atoms in total. The Labute approximate surface area is 169 Å². The SMILES string of the molecule is O=C(O)COc1cccc(NC(=O)C2CCCN(C(=O)Cc3ccccc3)C2)c1. The number of rotatable bonds is 7. The van der Waals surface area contributed by atoms with Crippen LogP contribution in [0, 0.1) is 5.92 Å². The molecule has 1 saturated heterocycles. The minimum Gasteiger partial charge on any atom is -0.482 e. The normalized spacial score (nSPS) is 16.1. The van der Waals surface area contributed by atoms with Gasteiger partial charge in [0.25, 0.3) is 0 Å². The van der Waals surface area contributed by atoms with Crippen molar-refractivity contribution in [2.45, 2.75) is 19.3 Å². The predicted octanol–water partition coefficient (Wildman–Crippen LogP) is 2.57. The molecule has 1 fully saturated rings. The fourth-order valence-corrected chi connectivity index (χ4v) is 3.35. The van der Waals surface area contributed by atoms with Gasteiger partial charge in [-0.2, -0.15) is 0 Å². The van der Waals surface area contributed by atoms with Crippen molar-refractivity contribution >= 4 is 23.5 Å². The molecular formula is C22H24N2O5. The number of ether oxygens (including phenoxy) is 1. The second-order valence-electron chi connectivity index (χ2n) is 7.04. The first-order valence-electron chi connectivity index (χ1n) is 9.58. The van der Waals surface area contributed by atoms with Crippen molar-refractivity contribution in [3.8, 4) is 5.75 Å². The van der Waals surface area contributed by atoms with Gasteiger partial charge >= 0.3 is 5.97 Å². The molecule has 0 saturated carbocycles.